The number of benzene rings is 1. The van der Waals surface area contributed by atoms with Crippen molar-refractivity contribution in [3.8, 4) is 0 Å². The molecule has 8 heteroatoms. The van der Waals surface area contributed by atoms with Crippen LogP contribution >= 0.6 is 11.8 Å². The molecule has 3 heterocycles. The summed E-state index contributed by atoms with van der Waals surface area (Å²) in [5, 5.41) is 16.3. The molecule has 1 spiro atoms. The predicted molar refractivity (Wildman–Crippen MR) is 133 cm³/mol. The van der Waals surface area contributed by atoms with Gasteiger partial charge in [0.15, 0.2) is 0 Å². The van der Waals surface area contributed by atoms with Gasteiger partial charge in [0.1, 0.15) is 6.04 Å². The maximum atomic E-state index is 14.0. The van der Waals surface area contributed by atoms with Crippen LogP contribution in [-0.4, -0.2) is 62.5 Å². The largest absolute Gasteiger partial charge is 0.394 e. The van der Waals surface area contributed by atoms with Gasteiger partial charge < -0.3 is 20.6 Å². The molecule has 2 unspecified atom stereocenters. The van der Waals surface area contributed by atoms with Crippen LogP contribution in [0.4, 0.5) is 0 Å². The van der Waals surface area contributed by atoms with E-state index in [4.69, 9.17) is 0 Å². The number of hydrogen-bond acceptors (Lipinski definition) is 5. The summed E-state index contributed by atoms with van der Waals surface area (Å²) in [6.07, 6.45) is 2.31. The monoisotopic (exact) mass is 487 g/mol. The summed E-state index contributed by atoms with van der Waals surface area (Å²) in [6.45, 7) is 8.70. The van der Waals surface area contributed by atoms with Gasteiger partial charge in [0.2, 0.25) is 17.7 Å². The molecule has 3 saturated heterocycles. The number of carbonyl (C=O) groups excluding carboxylic acids is 3. The Bertz CT molecular complexity index is 941. The van der Waals surface area contributed by atoms with E-state index in [2.05, 4.69) is 17.6 Å². The van der Waals surface area contributed by atoms with E-state index in [1.54, 1.807) is 16.7 Å². The first-order valence-electron chi connectivity index (χ1n) is 12.4. The summed E-state index contributed by atoms with van der Waals surface area (Å²) in [5.74, 6) is -1.53. The van der Waals surface area contributed by atoms with Crippen LogP contribution in [0.1, 0.15) is 52.5 Å². The lowest BCUT2D eigenvalue weighted by molar-refractivity contribution is -0.144. The Morgan fingerprint density at radius 3 is 2.50 bits per heavy atom. The molecule has 3 aliphatic heterocycles. The zero-order valence-electron chi connectivity index (χ0n) is 20.5. The first kappa shape index (κ1) is 25.0. The summed E-state index contributed by atoms with van der Waals surface area (Å²) < 4.78 is -1.04. The molecule has 0 saturated carbocycles. The van der Waals surface area contributed by atoms with Gasteiger partial charge in [-0.25, -0.2) is 0 Å². The lowest BCUT2D eigenvalue weighted by Gasteiger charge is -2.38. The number of rotatable bonds is 9. The van der Waals surface area contributed by atoms with Crippen LogP contribution in [0.3, 0.4) is 0 Å². The van der Waals surface area contributed by atoms with Gasteiger partial charge in [-0.2, -0.15) is 0 Å². The molecular weight excluding hydrogens is 450 g/mol. The number of carbonyl (C=O) groups is 3. The summed E-state index contributed by atoms with van der Waals surface area (Å²) >= 11 is 1.66. The minimum atomic E-state index is -0.718. The Hall–Kier alpha value is -2.06. The number of hydrogen-bond donors (Lipinski definition) is 3. The Labute approximate surface area is 206 Å². The number of nitrogens with zero attached hydrogens (tertiary/aromatic N) is 1. The molecule has 3 amide bonds. The van der Waals surface area contributed by atoms with E-state index in [9.17, 15) is 19.5 Å². The molecule has 34 heavy (non-hydrogen) atoms. The number of amides is 3. The van der Waals surface area contributed by atoms with Crippen LogP contribution in [0.15, 0.2) is 30.3 Å². The van der Waals surface area contributed by atoms with Gasteiger partial charge in [-0.15, -0.1) is 11.8 Å². The summed E-state index contributed by atoms with van der Waals surface area (Å²) in [4.78, 5) is 42.8. The zero-order chi connectivity index (χ0) is 24.7. The van der Waals surface area contributed by atoms with Crippen LogP contribution in [-0.2, 0) is 20.9 Å². The van der Waals surface area contributed by atoms with Crippen molar-refractivity contribution >= 4 is 29.5 Å². The number of fused-ring (bicyclic) bond motifs is 1. The molecule has 4 rings (SSSR count). The Morgan fingerprint density at radius 1 is 1.18 bits per heavy atom. The van der Waals surface area contributed by atoms with Crippen molar-refractivity contribution in [2.45, 2.75) is 75.1 Å². The van der Waals surface area contributed by atoms with Gasteiger partial charge in [-0.05, 0) is 37.7 Å². The third kappa shape index (κ3) is 3.92. The number of likely N-dealkylation sites (tertiary alicyclic amines) is 1. The quantitative estimate of drug-likeness (QED) is 0.497. The van der Waals surface area contributed by atoms with E-state index in [-0.39, 0.29) is 35.0 Å². The van der Waals surface area contributed by atoms with Crippen LogP contribution in [0.25, 0.3) is 0 Å². The molecule has 1 aromatic carbocycles. The Balaban J connectivity index is 1.71. The molecule has 6 atom stereocenters. The number of nitrogens with one attached hydrogen (secondary N) is 2. The highest BCUT2D eigenvalue weighted by molar-refractivity contribution is 8.02. The normalized spacial score (nSPS) is 32.7. The van der Waals surface area contributed by atoms with Crippen molar-refractivity contribution in [3.63, 3.8) is 0 Å². The van der Waals surface area contributed by atoms with Crippen molar-refractivity contribution in [1.29, 1.82) is 0 Å². The second-order valence-electron chi connectivity index (χ2n) is 10.5. The first-order valence-corrected chi connectivity index (χ1v) is 13.2. The summed E-state index contributed by atoms with van der Waals surface area (Å²) in [5.41, 5.74) is 0.982. The van der Waals surface area contributed by atoms with Crippen LogP contribution in [0.5, 0.6) is 0 Å². The lowest BCUT2D eigenvalue weighted by atomic mass is 9.66. The Morgan fingerprint density at radius 2 is 1.88 bits per heavy atom. The number of thioether (sulfide) groups is 1. The average Bonchev–Trinajstić information content (AvgIpc) is 3.38. The van der Waals surface area contributed by atoms with Gasteiger partial charge in [0, 0.05) is 17.8 Å². The van der Waals surface area contributed by atoms with Crippen LogP contribution in [0, 0.1) is 17.8 Å². The third-order valence-electron chi connectivity index (χ3n) is 7.92. The van der Waals surface area contributed by atoms with E-state index in [1.807, 2.05) is 51.1 Å². The standard InChI is InChI=1S/C26H37N3O4S/c1-5-13-27-22(31)19-20-24(33)29(18(15-30)16(2)3)21(26(20)12-11-25(19,4)34-26)23(32)28-14-17-9-7-6-8-10-17/h6-10,16,18-21,30H,5,11-15H2,1-4H3,(H,27,31)(H,28,32)/t18-,19-,20-,21?,25+,26?/m0/s1. The van der Waals surface area contributed by atoms with Gasteiger partial charge >= 0.3 is 0 Å². The van der Waals surface area contributed by atoms with E-state index < -0.39 is 28.7 Å². The highest BCUT2D eigenvalue weighted by Gasteiger charge is 2.77. The highest BCUT2D eigenvalue weighted by Crippen LogP contribution is 2.71. The maximum Gasteiger partial charge on any atom is 0.244 e. The van der Waals surface area contributed by atoms with Gasteiger partial charge in [0.25, 0.3) is 0 Å². The molecule has 7 nitrogen and oxygen atoms in total. The Kier molecular flexibility index (Phi) is 7.02. The molecular formula is C26H37N3O4S. The zero-order valence-corrected chi connectivity index (χ0v) is 21.4. The topological polar surface area (TPSA) is 98.7 Å². The SMILES string of the molecule is CCCNC(=O)[C@@H]1[C@H]2C(=O)N([C@@H](CO)C(C)C)C(C(=O)NCc3ccccc3)C23CC[C@@]1(C)S3. The van der Waals surface area contributed by atoms with Gasteiger partial charge in [-0.3, -0.25) is 14.4 Å². The minimum Gasteiger partial charge on any atom is -0.394 e. The van der Waals surface area contributed by atoms with Crippen LogP contribution in [0.2, 0.25) is 0 Å². The fraction of sp³-hybridized carbons (Fsp3) is 0.654. The fourth-order valence-corrected chi connectivity index (χ4v) is 8.62. The van der Waals surface area contributed by atoms with E-state index >= 15 is 0 Å². The summed E-state index contributed by atoms with van der Waals surface area (Å²) in [6, 6.07) is 8.49. The molecule has 2 bridgehead atoms. The molecule has 3 fully saturated rings. The van der Waals surface area contributed by atoms with E-state index in [1.165, 1.54) is 0 Å². The second kappa shape index (κ2) is 9.53. The molecule has 0 aromatic heterocycles. The lowest BCUT2D eigenvalue weighted by Crippen LogP contribution is -2.57. The molecule has 1 aromatic rings. The van der Waals surface area contributed by atoms with Crippen molar-refractivity contribution in [2.75, 3.05) is 13.2 Å². The summed E-state index contributed by atoms with van der Waals surface area (Å²) in [7, 11) is 0. The minimum absolute atomic E-state index is 0.0289. The van der Waals surface area contributed by atoms with Crippen molar-refractivity contribution < 1.29 is 19.5 Å². The fourth-order valence-electron chi connectivity index (χ4n) is 6.28. The second-order valence-corrected chi connectivity index (χ2v) is 12.4. The molecule has 3 N–H and O–H groups in total. The molecule has 186 valence electrons. The van der Waals surface area contributed by atoms with E-state index in [0.717, 1.165) is 18.4 Å². The third-order valence-corrected chi connectivity index (χ3v) is 9.90. The first-order chi connectivity index (χ1) is 16.2. The molecule has 0 radical (unpaired) electrons. The molecule has 3 aliphatic rings. The number of aliphatic hydroxyl groups excluding tert-OH is 1. The number of aliphatic hydroxyl groups is 1. The van der Waals surface area contributed by atoms with Gasteiger partial charge in [-0.1, -0.05) is 51.1 Å². The van der Waals surface area contributed by atoms with Gasteiger partial charge in [0.05, 0.1) is 29.2 Å². The van der Waals surface area contributed by atoms with Crippen molar-refractivity contribution in [2.24, 2.45) is 17.8 Å². The molecule has 0 aliphatic carbocycles. The average molecular weight is 488 g/mol. The van der Waals surface area contributed by atoms with Crippen molar-refractivity contribution in [3.05, 3.63) is 35.9 Å². The van der Waals surface area contributed by atoms with Crippen LogP contribution < -0.4 is 10.6 Å². The highest BCUT2D eigenvalue weighted by atomic mass is 32.2. The maximum absolute atomic E-state index is 14.0. The van der Waals surface area contributed by atoms with Crippen molar-refractivity contribution in [1.82, 2.24) is 15.5 Å². The smallest absolute Gasteiger partial charge is 0.244 e. The van der Waals surface area contributed by atoms with E-state index in [0.29, 0.717) is 19.5 Å². The predicted octanol–water partition coefficient (Wildman–Crippen LogP) is 2.33.